The Morgan fingerprint density at radius 2 is 2.30 bits per heavy atom. The smallest absolute Gasteiger partial charge is 0.236 e. The van der Waals surface area contributed by atoms with Gasteiger partial charge in [-0.15, -0.1) is 11.8 Å². The Morgan fingerprint density at radius 3 is 3.05 bits per heavy atom. The molecular formula is C16H22N2OS. The second kappa shape index (κ2) is 5.32. The van der Waals surface area contributed by atoms with Crippen LogP contribution in [0.1, 0.15) is 49.8 Å². The first kappa shape index (κ1) is 13.8. The first-order valence-corrected chi connectivity index (χ1v) is 8.40. The van der Waals surface area contributed by atoms with E-state index in [1.54, 1.807) is 11.8 Å². The number of nitrogen functional groups attached to an aromatic ring is 1. The van der Waals surface area contributed by atoms with E-state index in [9.17, 15) is 4.79 Å². The van der Waals surface area contributed by atoms with Crippen molar-refractivity contribution in [3.63, 3.8) is 0 Å². The lowest BCUT2D eigenvalue weighted by molar-refractivity contribution is -0.124. The van der Waals surface area contributed by atoms with Gasteiger partial charge in [0.15, 0.2) is 0 Å². The highest BCUT2D eigenvalue weighted by Crippen LogP contribution is 2.39. The van der Waals surface area contributed by atoms with E-state index in [2.05, 4.69) is 24.4 Å². The van der Waals surface area contributed by atoms with Crippen LogP contribution in [-0.2, 0) is 11.2 Å². The van der Waals surface area contributed by atoms with Crippen LogP contribution in [0.5, 0.6) is 0 Å². The Hall–Kier alpha value is -1.16. The molecule has 1 aliphatic heterocycles. The van der Waals surface area contributed by atoms with Gasteiger partial charge in [0.25, 0.3) is 0 Å². The Morgan fingerprint density at radius 1 is 1.45 bits per heavy atom. The van der Waals surface area contributed by atoms with Gasteiger partial charge < -0.3 is 11.1 Å². The van der Waals surface area contributed by atoms with Crippen molar-refractivity contribution in [2.45, 2.75) is 49.8 Å². The molecule has 0 bridgehead atoms. The molecule has 3 nitrogen and oxygen atoms in total. The summed E-state index contributed by atoms with van der Waals surface area (Å²) in [7, 11) is 0. The lowest BCUT2D eigenvalue weighted by Crippen LogP contribution is -2.42. The third kappa shape index (κ3) is 2.53. The van der Waals surface area contributed by atoms with E-state index in [1.807, 2.05) is 6.07 Å². The number of hydrogen-bond donors (Lipinski definition) is 2. The topological polar surface area (TPSA) is 55.1 Å². The number of carbonyl (C=O) groups excluding carboxylic acids is 1. The van der Waals surface area contributed by atoms with Crippen molar-refractivity contribution in [2.75, 3.05) is 11.5 Å². The molecule has 1 heterocycles. The highest BCUT2D eigenvalue weighted by atomic mass is 32.2. The normalized spacial score (nSPS) is 28.9. The fraction of sp³-hybridized carbons (Fsp3) is 0.562. The number of benzene rings is 1. The van der Waals surface area contributed by atoms with E-state index in [0.29, 0.717) is 0 Å². The second-order valence-electron chi connectivity index (χ2n) is 6.06. The Kier molecular flexibility index (Phi) is 3.67. The van der Waals surface area contributed by atoms with Gasteiger partial charge in [-0.25, -0.2) is 0 Å². The van der Waals surface area contributed by atoms with Gasteiger partial charge in [-0.2, -0.15) is 0 Å². The number of nitrogens with two attached hydrogens (primary N) is 1. The quantitative estimate of drug-likeness (QED) is 0.823. The Balaban J connectivity index is 1.78. The summed E-state index contributed by atoms with van der Waals surface area (Å²) in [5, 5.41) is 3.28. The van der Waals surface area contributed by atoms with E-state index in [0.717, 1.165) is 43.5 Å². The van der Waals surface area contributed by atoms with Gasteiger partial charge in [0.2, 0.25) is 5.91 Å². The molecule has 1 aromatic rings. The van der Waals surface area contributed by atoms with Crippen LogP contribution in [0.3, 0.4) is 0 Å². The van der Waals surface area contributed by atoms with Gasteiger partial charge in [-0.05, 0) is 68.0 Å². The van der Waals surface area contributed by atoms with Crippen LogP contribution < -0.4 is 11.1 Å². The lowest BCUT2D eigenvalue weighted by Gasteiger charge is -2.30. The van der Waals surface area contributed by atoms with Gasteiger partial charge >= 0.3 is 0 Å². The predicted octanol–water partition coefficient (Wildman–Crippen LogP) is 3.05. The molecule has 3 N–H and O–H groups in total. The maximum Gasteiger partial charge on any atom is 0.236 e. The number of thioether (sulfide) groups is 1. The van der Waals surface area contributed by atoms with Crippen LogP contribution in [0.2, 0.25) is 0 Å². The molecule has 2 atom stereocenters. The lowest BCUT2D eigenvalue weighted by atomic mass is 9.87. The Bertz CT molecular complexity index is 523. The number of rotatable bonds is 2. The maximum absolute atomic E-state index is 12.6. The minimum Gasteiger partial charge on any atom is -0.399 e. The zero-order chi connectivity index (χ0) is 14.2. The number of fused-ring (bicyclic) bond motifs is 1. The van der Waals surface area contributed by atoms with Crippen LogP contribution in [0, 0.1) is 0 Å². The van der Waals surface area contributed by atoms with Crippen molar-refractivity contribution in [3.8, 4) is 0 Å². The van der Waals surface area contributed by atoms with Crippen LogP contribution in [-0.4, -0.2) is 16.4 Å². The molecule has 2 unspecified atom stereocenters. The van der Waals surface area contributed by atoms with Gasteiger partial charge in [-0.1, -0.05) is 6.07 Å². The first-order chi connectivity index (χ1) is 9.58. The minimum absolute atomic E-state index is 0.157. The van der Waals surface area contributed by atoms with Crippen LogP contribution in [0.15, 0.2) is 18.2 Å². The zero-order valence-corrected chi connectivity index (χ0v) is 12.8. The largest absolute Gasteiger partial charge is 0.399 e. The van der Waals surface area contributed by atoms with E-state index >= 15 is 0 Å². The monoisotopic (exact) mass is 290 g/mol. The van der Waals surface area contributed by atoms with Crippen molar-refractivity contribution in [1.82, 2.24) is 5.32 Å². The van der Waals surface area contributed by atoms with E-state index in [4.69, 9.17) is 5.73 Å². The molecular weight excluding hydrogens is 268 g/mol. The number of aryl methyl sites for hydroxylation is 1. The van der Waals surface area contributed by atoms with Gasteiger partial charge in [0.05, 0.1) is 10.8 Å². The van der Waals surface area contributed by atoms with Crippen LogP contribution in [0.4, 0.5) is 5.69 Å². The van der Waals surface area contributed by atoms with Crippen molar-refractivity contribution in [1.29, 1.82) is 0 Å². The molecule has 0 aromatic heterocycles. The molecule has 108 valence electrons. The van der Waals surface area contributed by atoms with Crippen molar-refractivity contribution < 1.29 is 4.79 Å². The number of hydrogen-bond acceptors (Lipinski definition) is 3. The molecule has 1 aliphatic carbocycles. The van der Waals surface area contributed by atoms with Crippen LogP contribution in [0.25, 0.3) is 0 Å². The third-order valence-electron chi connectivity index (χ3n) is 4.49. The fourth-order valence-corrected chi connectivity index (χ4v) is 4.47. The van der Waals surface area contributed by atoms with E-state index in [-0.39, 0.29) is 16.7 Å². The average Bonchev–Trinajstić information content (AvgIpc) is 2.87. The standard InChI is InChI=1S/C16H22N2OS/c1-16(8-3-9-20-16)15(19)18-14-5-2-4-11-10-12(17)6-7-13(11)14/h6-7,10,14H,2-5,8-9,17H2,1H3,(H,18,19). The molecule has 4 heteroatoms. The summed E-state index contributed by atoms with van der Waals surface area (Å²) < 4.78 is -0.231. The van der Waals surface area contributed by atoms with Gasteiger partial charge in [0, 0.05) is 5.69 Å². The summed E-state index contributed by atoms with van der Waals surface area (Å²) in [5.74, 6) is 1.30. The number of anilines is 1. The molecule has 20 heavy (non-hydrogen) atoms. The molecule has 1 aromatic carbocycles. The van der Waals surface area contributed by atoms with Crippen molar-refractivity contribution in [2.24, 2.45) is 0 Å². The third-order valence-corrected chi connectivity index (χ3v) is 6.01. The average molecular weight is 290 g/mol. The number of carbonyl (C=O) groups is 1. The SMILES string of the molecule is CC1(C(=O)NC2CCCc3cc(N)ccc32)CCCS1. The van der Waals surface area contributed by atoms with E-state index < -0.39 is 0 Å². The molecule has 0 saturated carbocycles. The summed E-state index contributed by atoms with van der Waals surface area (Å²) in [6, 6.07) is 6.23. The fourth-order valence-electron chi connectivity index (χ4n) is 3.25. The van der Waals surface area contributed by atoms with Gasteiger partial charge in [0.1, 0.15) is 0 Å². The summed E-state index contributed by atoms with van der Waals surface area (Å²) in [5.41, 5.74) is 9.22. The summed E-state index contributed by atoms with van der Waals surface area (Å²) >= 11 is 1.79. The van der Waals surface area contributed by atoms with Gasteiger partial charge in [-0.3, -0.25) is 4.79 Å². The maximum atomic E-state index is 12.6. The van der Waals surface area contributed by atoms with Crippen molar-refractivity contribution in [3.05, 3.63) is 29.3 Å². The summed E-state index contributed by atoms with van der Waals surface area (Å²) in [6.45, 7) is 2.08. The molecule has 3 rings (SSSR count). The molecule has 1 amide bonds. The summed E-state index contributed by atoms with van der Waals surface area (Å²) in [4.78, 5) is 12.6. The van der Waals surface area contributed by atoms with E-state index in [1.165, 1.54) is 11.1 Å². The van der Waals surface area contributed by atoms with Crippen molar-refractivity contribution >= 4 is 23.4 Å². The highest BCUT2D eigenvalue weighted by molar-refractivity contribution is 8.01. The minimum atomic E-state index is -0.231. The second-order valence-corrected chi connectivity index (χ2v) is 7.66. The highest BCUT2D eigenvalue weighted by Gasteiger charge is 2.38. The number of amides is 1. The molecule has 0 spiro atoms. The Labute approximate surface area is 124 Å². The zero-order valence-electron chi connectivity index (χ0n) is 11.9. The molecule has 1 saturated heterocycles. The molecule has 1 fully saturated rings. The number of nitrogens with one attached hydrogen (secondary N) is 1. The molecule has 0 radical (unpaired) electrons. The predicted molar refractivity (Wildman–Crippen MR) is 84.8 cm³/mol. The van der Waals surface area contributed by atoms with Crippen LogP contribution >= 0.6 is 11.8 Å². The summed E-state index contributed by atoms with van der Waals surface area (Å²) in [6.07, 6.45) is 5.35. The first-order valence-electron chi connectivity index (χ1n) is 7.42. The molecule has 2 aliphatic rings.